The highest BCUT2D eigenvalue weighted by Gasteiger charge is 2.45. The van der Waals surface area contributed by atoms with E-state index in [4.69, 9.17) is 4.74 Å². The number of hydrogen-bond donors (Lipinski definition) is 0. The number of rotatable bonds is 3. The van der Waals surface area contributed by atoms with Crippen molar-refractivity contribution in [1.82, 2.24) is 4.90 Å². The second kappa shape index (κ2) is 6.69. The Bertz CT molecular complexity index is 634. The Morgan fingerprint density at radius 1 is 1.29 bits per heavy atom. The highest BCUT2D eigenvalue weighted by atomic mass is 19.1. The molecule has 0 N–H and O–H groups in total. The van der Waals surface area contributed by atoms with E-state index in [0.29, 0.717) is 25.3 Å². The number of halogens is 2. The Morgan fingerprint density at radius 3 is 2.67 bits per heavy atom. The van der Waals surface area contributed by atoms with Crippen LogP contribution in [0.1, 0.15) is 45.1 Å². The van der Waals surface area contributed by atoms with Crippen molar-refractivity contribution in [3.63, 3.8) is 0 Å². The highest BCUT2D eigenvalue weighted by Crippen LogP contribution is 2.51. The first-order chi connectivity index (χ1) is 11.4. The van der Waals surface area contributed by atoms with Crippen molar-refractivity contribution in [2.75, 3.05) is 19.7 Å². The largest absolute Gasteiger partial charge is 0.490 e. The van der Waals surface area contributed by atoms with E-state index in [1.165, 1.54) is 6.07 Å². The Labute approximate surface area is 142 Å². The lowest BCUT2D eigenvalue weighted by Crippen LogP contribution is -2.45. The number of amides is 1. The van der Waals surface area contributed by atoms with Gasteiger partial charge in [0.05, 0.1) is 6.61 Å². The average molecular weight is 337 g/mol. The molecule has 1 amide bonds. The van der Waals surface area contributed by atoms with Crippen LogP contribution in [0.25, 0.3) is 0 Å². The predicted molar refractivity (Wildman–Crippen MR) is 87.9 cm³/mol. The minimum atomic E-state index is -0.488. The third-order valence-corrected chi connectivity index (χ3v) is 5.80. The van der Waals surface area contributed by atoms with Gasteiger partial charge in [0.1, 0.15) is 5.82 Å². The van der Waals surface area contributed by atoms with Gasteiger partial charge in [-0.1, -0.05) is 6.92 Å². The molecule has 0 aromatic heterocycles. The molecule has 0 saturated heterocycles. The molecule has 0 radical (unpaired) electrons. The zero-order chi connectivity index (χ0) is 17.4. The van der Waals surface area contributed by atoms with E-state index in [-0.39, 0.29) is 41.1 Å². The predicted octanol–water partition coefficient (Wildman–Crippen LogP) is 3.97. The number of fused-ring (bicyclic) bond motifs is 3. The van der Waals surface area contributed by atoms with Crippen molar-refractivity contribution in [3.8, 4) is 5.75 Å². The topological polar surface area (TPSA) is 29.5 Å². The summed E-state index contributed by atoms with van der Waals surface area (Å²) in [4.78, 5) is 13.6. The third kappa shape index (κ3) is 2.89. The van der Waals surface area contributed by atoms with Crippen LogP contribution in [0.2, 0.25) is 0 Å². The summed E-state index contributed by atoms with van der Waals surface area (Å²) in [5.41, 5.74) is 0.398. The summed E-state index contributed by atoms with van der Waals surface area (Å²) >= 11 is 0. The number of carbonyl (C=O) groups excluding carboxylic acids is 1. The molecule has 3 unspecified atom stereocenters. The fourth-order valence-corrected chi connectivity index (χ4v) is 4.50. The minimum Gasteiger partial charge on any atom is -0.490 e. The number of hydrogen-bond acceptors (Lipinski definition) is 2. The molecule has 0 bridgehead atoms. The Hall–Kier alpha value is -1.65. The van der Waals surface area contributed by atoms with E-state index >= 15 is 0 Å². The number of benzene rings is 1. The van der Waals surface area contributed by atoms with Crippen LogP contribution in [0.3, 0.4) is 0 Å². The molecule has 24 heavy (non-hydrogen) atoms. The molecule has 132 valence electrons. The monoisotopic (exact) mass is 337 g/mol. The molecule has 1 fully saturated rings. The van der Waals surface area contributed by atoms with Crippen molar-refractivity contribution in [3.05, 3.63) is 29.3 Å². The maximum Gasteiger partial charge on any atom is 0.219 e. The van der Waals surface area contributed by atoms with Gasteiger partial charge in [-0.2, -0.15) is 0 Å². The molecule has 1 aromatic carbocycles. The maximum atomic E-state index is 14.5. The van der Waals surface area contributed by atoms with Crippen LogP contribution in [-0.2, 0) is 4.79 Å². The quantitative estimate of drug-likeness (QED) is 0.835. The highest BCUT2D eigenvalue weighted by molar-refractivity contribution is 5.73. The van der Waals surface area contributed by atoms with E-state index in [9.17, 15) is 13.6 Å². The van der Waals surface area contributed by atoms with Gasteiger partial charge in [0.15, 0.2) is 11.6 Å². The van der Waals surface area contributed by atoms with E-state index < -0.39 is 5.82 Å². The van der Waals surface area contributed by atoms with Gasteiger partial charge in [-0.05, 0) is 49.7 Å². The van der Waals surface area contributed by atoms with Crippen LogP contribution in [0.15, 0.2) is 12.1 Å². The number of nitrogens with zero attached hydrogens (tertiary/aromatic N) is 1. The van der Waals surface area contributed by atoms with E-state index in [1.807, 2.05) is 11.8 Å². The molecule has 0 spiro atoms. The van der Waals surface area contributed by atoms with Crippen molar-refractivity contribution >= 4 is 5.91 Å². The summed E-state index contributed by atoms with van der Waals surface area (Å²) < 4.78 is 34.2. The van der Waals surface area contributed by atoms with Crippen LogP contribution in [0.5, 0.6) is 5.75 Å². The summed E-state index contributed by atoms with van der Waals surface area (Å²) in [6, 6.07) is 2.33. The molecule has 4 atom stereocenters. The SMILES string of the molecule is CCN(C[C@@H]1CCC(C)C2c3c(F)ccc(F)c3OCC21)C(C)=O. The van der Waals surface area contributed by atoms with Crippen LogP contribution < -0.4 is 4.74 Å². The Morgan fingerprint density at radius 2 is 2.00 bits per heavy atom. The van der Waals surface area contributed by atoms with Crippen LogP contribution in [0.4, 0.5) is 8.78 Å². The molecule has 1 aromatic rings. The molecule has 3 nitrogen and oxygen atoms in total. The molecular formula is C19H25F2NO2. The molecular weight excluding hydrogens is 312 g/mol. The summed E-state index contributed by atoms with van der Waals surface area (Å²) in [5, 5.41) is 0. The van der Waals surface area contributed by atoms with Crippen molar-refractivity contribution in [1.29, 1.82) is 0 Å². The van der Waals surface area contributed by atoms with E-state index in [1.54, 1.807) is 6.92 Å². The lowest BCUT2D eigenvalue weighted by atomic mass is 9.63. The lowest BCUT2D eigenvalue weighted by molar-refractivity contribution is -0.130. The summed E-state index contributed by atoms with van der Waals surface area (Å²) in [5.74, 6) is -0.126. The van der Waals surface area contributed by atoms with E-state index in [2.05, 4.69) is 6.92 Å². The maximum absolute atomic E-state index is 14.5. The van der Waals surface area contributed by atoms with Crippen molar-refractivity contribution in [2.24, 2.45) is 17.8 Å². The molecule has 3 rings (SSSR count). The van der Waals surface area contributed by atoms with Gasteiger partial charge in [-0.25, -0.2) is 8.78 Å². The van der Waals surface area contributed by atoms with Crippen molar-refractivity contribution < 1.29 is 18.3 Å². The lowest BCUT2D eigenvalue weighted by Gasteiger charge is -2.46. The molecule has 5 heteroatoms. The minimum absolute atomic E-state index is 0.0473. The Balaban J connectivity index is 1.93. The molecule has 1 heterocycles. The normalized spacial score (nSPS) is 28.5. The van der Waals surface area contributed by atoms with Crippen LogP contribution in [-0.4, -0.2) is 30.5 Å². The van der Waals surface area contributed by atoms with Crippen molar-refractivity contribution in [2.45, 2.75) is 39.5 Å². The van der Waals surface area contributed by atoms with E-state index in [0.717, 1.165) is 18.9 Å². The van der Waals surface area contributed by atoms with Gasteiger partial charge >= 0.3 is 0 Å². The molecule has 1 saturated carbocycles. The third-order valence-electron chi connectivity index (χ3n) is 5.80. The van der Waals surface area contributed by atoms with Gasteiger partial charge in [0.25, 0.3) is 0 Å². The average Bonchev–Trinajstić information content (AvgIpc) is 2.56. The van der Waals surface area contributed by atoms with Gasteiger partial charge in [0.2, 0.25) is 5.91 Å². The second-order valence-electron chi connectivity index (χ2n) is 7.15. The molecule has 1 aliphatic carbocycles. The summed E-state index contributed by atoms with van der Waals surface area (Å²) in [6.45, 7) is 7.37. The van der Waals surface area contributed by atoms with Crippen LogP contribution in [0, 0.1) is 29.4 Å². The second-order valence-corrected chi connectivity index (χ2v) is 7.15. The fraction of sp³-hybridized carbons (Fsp3) is 0.632. The first-order valence-electron chi connectivity index (χ1n) is 8.80. The molecule has 1 aliphatic heterocycles. The number of carbonyl (C=O) groups is 1. The first kappa shape index (κ1) is 17.2. The first-order valence-corrected chi connectivity index (χ1v) is 8.80. The fourth-order valence-electron chi connectivity index (χ4n) is 4.50. The zero-order valence-corrected chi connectivity index (χ0v) is 14.5. The van der Waals surface area contributed by atoms with Gasteiger partial charge in [-0.3, -0.25) is 4.79 Å². The van der Waals surface area contributed by atoms with Crippen LogP contribution >= 0.6 is 0 Å². The smallest absolute Gasteiger partial charge is 0.219 e. The summed E-state index contributed by atoms with van der Waals surface area (Å²) in [6.07, 6.45) is 1.94. The zero-order valence-electron chi connectivity index (χ0n) is 14.5. The summed E-state index contributed by atoms with van der Waals surface area (Å²) in [7, 11) is 0. The van der Waals surface area contributed by atoms with Gasteiger partial charge < -0.3 is 9.64 Å². The van der Waals surface area contributed by atoms with Gasteiger partial charge in [0, 0.05) is 31.5 Å². The molecule has 2 aliphatic rings. The standard InChI is InChI=1S/C19H25F2NO2/c1-4-22(12(3)23)9-13-6-5-11(2)17-14(13)10-24-19-16(21)8-7-15(20)18(17)19/h7-8,11,13-14,17H,4-6,9-10H2,1-3H3/t11?,13-,14?,17?/m0/s1. The number of ether oxygens (including phenoxy) is 1. The Kier molecular flexibility index (Phi) is 4.79. The van der Waals surface area contributed by atoms with Gasteiger partial charge in [-0.15, -0.1) is 0 Å².